The Morgan fingerprint density at radius 1 is 1.50 bits per heavy atom. The number of hydrogen-bond donors (Lipinski definition) is 1. The second kappa shape index (κ2) is 2.09. The van der Waals surface area contributed by atoms with Gasteiger partial charge in [0.15, 0.2) is 0 Å². The van der Waals surface area contributed by atoms with Crippen LogP contribution in [0.1, 0.15) is 0 Å². The maximum Gasteiger partial charge on any atom is 0.438 e. The Hall–Kier alpha value is -0.300. The molecule has 1 unspecified atom stereocenters. The normalized spacial score (nSPS) is 33.2. The molecule has 1 aliphatic rings. The zero-order valence-electron chi connectivity index (χ0n) is 4.72. The Morgan fingerprint density at radius 2 is 2.10 bits per heavy atom. The van der Waals surface area contributed by atoms with Crippen LogP contribution >= 0.6 is 11.8 Å². The molecule has 0 bridgehead atoms. The van der Waals surface area contributed by atoms with Gasteiger partial charge in [-0.3, -0.25) is 5.73 Å². The highest BCUT2D eigenvalue weighted by Gasteiger charge is 2.55. The molecule has 0 radical (unpaired) electrons. The summed E-state index contributed by atoms with van der Waals surface area (Å²) in [5.41, 5.74) is 4.81. The highest BCUT2D eigenvalue weighted by Crippen LogP contribution is 2.41. The van der Waals surface area contributed by atoms with Gasteiger partial charge in [-0.1, -0.05) is 11.8 Å². The molecule has 10 heavy (non-hydrogen) atoms. The molecule has 1 rings (SSSR count). The molecule has 58 valence electrons. The summed E-state index contributed by atoms with van der Waals surface area (Å²) in [4.78, 5) is -2.49. The molecule has 0 aliphatic carbocycles. The van der Waals surface area contributed by atoms with Crippen molar-refractivity contribution in [2.45, 2.75) is 11.2 Å². The first-order valence-electron chi connectivity index (χ1n) is 2.34. The lowest BCUT2D eigenvalue weighted by Gasteiger charge is -2.20. The second-order valence-corrected chi connectivity index (χ2v) is 2.88. The van der Waals surface area contributed by atoms with Crippen molar-refractivity contribution >= 4 is 11.8 Å². The lowest BCUT2D eigenvalue weighted by Crippen LogP contribution is -2.47. The molecule has 0 spiro atoms. The van der Waals surface area contributed by atoms with Crippen LogP contribution < -0.4 is 5.73 Å². The average molecular weight is 171 g/mol. The van der Waals surface area contributed by atoms with Gasteiger partial charge in [-0.15, -0.1) is 5.11 Å². The third-order valence-electron chi connectivity index (χ3n) is 0.968. The number of thioether (sulfide) groups is 1. The molecule has 0 fully saturated rings. The van der Waals surface area contributed by atoms with E-state index in [0.717, 1.165) is 0 Å². The number of hydrogen-bond acceptors (Lipinski definition) is 4. The van der Waals surface area contributed by atoms with Crippen molar-refractivity contribution in [1.82, 2.24) is 0 Å². The lowest BCUT2D eigenvalue weighted by molar-refractivity contribution is -0.156. The second-order valence-electron chi connectivity index (χ2n) is 1.71. The van der Waals surface area contributed by atoms with Gasteiger partial charge in [0.1, 0.15) is 5.88 Å². The fourth-order valence-corrected chi connectivity index (χ4v) is 1.02. The van der Waals surface area contributed by atoms with Crippen LogP contribution in [0.5, 0.6) is 0 Å². The standard InChI is InChI=1S/C3H4F3N3S/c4-2(5,6)3(7)9-8-1-10-3/h1,7H2. The number of rotatable bonds is 0. The van der Waals surface area contributed by atoms with Crippen molar-refractivity contribution < 1.29 is 13.2 Å². The zero-order chi connectivity index (χ0) is 7.83. The maximum absolute atomic E-state index is 11.8. The number of halogens is 3. The van der Waals surface area contributed by atoms with Crippen molar-refractivity contribution in [2.24, 2.45) is 16.0 Å². The summed E-state index contributed by atoms with van der Waals surface area (Å²) in [5, 5.41) is 6.03. The fraction of sp³-hybridized carbons (Fsp3) is 1.00. The van der Waals surface area contributed by atoms with Crippen molar-refractivity contribution in [2.75, 3.05) is 5.88 Å². The van der Waals surface area contributed by atoms with E-state index in [1.165, 1.54) is 0 Å². The number of nitrogens with zero attached hydrogens (tertiary/aromatic N) is 2. The molecular weight excluding hydrogens is 167 g/mol. The van der Waals surface area contributed by atoms with Crippen LogP contribution in [-0.2, 0) is 0 Å². The van der Waals surface area contributed by atoms with E-state index in [-0.39, 0.29) is 5.88 Å². The van der Waals surface area contributed by atoms with Crippen LogP contribution in [0.25, 0.3) is 0 Å². The first-order chi connectivity index (χ1) is 4.46. The van der Waals surface area contributed by atoms with E-state index in [1.54, 1.807) is 0 Å². The van der Waals surface area contributed by atoms with Crippen LogP contribution in [0.15, 0.2) is 10.2 Å². The molecule has 0 saturated heterocycles. The summed E-state index contributed by atoms with van der Waals surface area (Å²) in [7, 11) is 0. The number of azo groups is 1. The Kier molecular flexibility index (Phi) is 1.63. The van der Waals surface area contributed by atoms with Crippen molar-refractivity contribution in [3.8, 4) is 0 Å². The summed E-state index contributed by atoms with van der Waals surface area (Å²) < 4.78 is 35.5. The third kappa shape index (κ3) is 1.10. The molecule has 0 amide bonds. The predicted octanol–water partition coefficient (Wildman–Crippen LogP) is 1.32. The molecule has 7 heteroatoms. The Morgan fingerprint density at radius 3 is 2.30 bits per heavy atom. The lowest BCUT2D eigenvalue weighted by atomic mass is 10.5. The van der Waals surface area contributed by atoms with E-state index in [1.807, 2.05) is 0 Å². The molecular formula is C3H4F3N3S. The van der Waals surface area contributed by atoms with Gasteiger partial charge in [0.25, 0.3) is 4.99 Å². The molecule has 3 nitrogen and oxygen atoms in total. The maximum atomic E-state index is 11.8. The number of alkyl halides is 3. The van der Waals surface area contributed by atoms with Gasteiger partial charge in [-0.25, -0.2) is 0 Å². The summed E-state index contributed by atoms with van der Waals surface area (Å²) in [5.74, 6) is -0.0178. The zero-order valence-corrected chi connectivity index (χ0v) is 5.54. The monoisotopic (exact) mass is 171 g/mol. The fourth-order valence-electron chi connectivity index (χ4n) is 0.429. The van der Waals surface area contributed by atoms with Crippen LogP contribution in [0, 0.1) is 0 Å². The van der Waals surface area contributed by atoms with Gasteiger partial charge in [0.2, 0.25) is 0 Å². The minimum atomic E-state index is -4.50. The minimum absolute atomic E-state index is 0.0178. The van der Waals surface area contributed by atoms with Gasteiger partial charge >= 0.3 is 6.18 Å². The molecule has 1 atom stereocenters. The van der Waals surface area contributed by atoms with Gasteiger partial charge in [-0.05, 0) is 0 Å². The molecule has 1 heterocycles. The smallest absolute Gasteiger partial charge is 0.289 e. The van der Waals surface area contributed by atoms with E-state index in [4.69, 9.17) is 5.73 Å². The van der Waals surface area contributed by atoms with Gasteiger partial charge in [0.05, 0.1) is 0 Å². The van der Waals surface area contributed by atoms with Crippen LogP contribution in [0.3, 0.4) is 0 Å². The largest absolute Gasteiger partial charge is 0.438 e. The molecule has 0 aromatic rings. The SMILES string of the molecule is NC1(C(F)(F)F)N=NCS1. The number of nitrogens with two attached hydrogens (primary N) is 1. The summed E-state index contributed by atoms with van der Waals surface area (Å²) in [6.45, 7) is 0. The van der Waals surface area contributed by atoms with Crippen LogP contribution in [0.2, 0.25) is 0 Å². The molecule has 0 aromatic heterocycles. The Bertz CT molecular complexity index is 167. The van der Waals surface area contributed by atoms with Gasteiger partial charge in [-0.2, -0.15) is 18.3 Å². The van der Waals surface area contributed by atoms with Crippen molar-refractivity contribution in [3.63, 3.8) is 0 Å². The topological polar surface area (TPSA) is 50.7 Å². The average Bonchev–Trinajstić information content (AvgIpc) is 2.13. The molecule has 1 aliphatic heterocycles. The highest BCUT2D eigenvalue weighted by atomic mass is 32.2. The van der Waals surface area contributed by atoms with Crippen LogP contribution in [0.4, 0.5) is 13.2 Å². The van der Waals surface area contributed by atoms with E-state index in [0.29, 0.717) is 11.8 Å². The summed E-state index contributed by atoms with van der Waals surface area (Å²) in [6, 6.07) is 0. The van der Waals surface area contributed by atoms with E-state index >= 15 is 0 Å². The van der Waals surface area contributed by atoms with Gasteiger partial charge < -0.3 is 0 Å². The minimum Gasteiger partial charge on any atom is -0.289 e. The molecule has 2 N–H and O–H groups in total. The van der Waals surface area contributed by atoms with Crippen molar-refractivity contribution in [3.05, 3.63) is 0 Å². The van der Waals surface area contributed by atoms with Crippen LogP contribution in [-0.4, -0.2) is 17.0 Å². The predicted molar refractivity (Wildman–Crippen MR) is 30.3 cm³/mol. The Balaban J connectivity index is 2.78. The Labute approximate surface area is 58.9 Å². The quantitative estimate of drug-likeness (QED) is 0.597. The first-order valence-corrected chi connectivity index (χ1v) is 3.32. The summed E-state index contributed by atoms with van der Waals surface area (Å²) in [6.07, 6.45) is -4.50. The third-order valence-corrected chi connectivity index (χ3v) is 1.97. The summed E-state index contributed by atoms with van der Waals surface area (Å²) >= 11 is 0.471. The van der Waals surface area contributed by atoms with Crippen molar-refractivity contribution in [1.29, 1.82) is 0 Å². The van der Waals surface area contributed by atoms with Gasteiger partial charge in [0, 0.05) is 0 Å². The molecule has 0 aromatic carbocycles. The highest BCUT2D eigenvalue weighted by molar-refractivity contribution is 8.00. The molecule has 0 saturated carbocycles. The van der Waals surface area contributed by atoms with E-state index in [9.17, 15) is 13.2 Å². The first kappa shape index (κ1) is 7.80. The van der Waals surface area contributed by atoms with E-state index in [2.05, 4.69) is 10.2 Å². The van der Waals surface area contributed by atoms with E-state index < -0.39 is 11.2 Å².